The number of thiophene rings is 1. The third-order valence-corrected chi connectivity index (χ3v) is 7.12. The molecule has 9 heteroatoms. The summed E-state index contributed by atoms with van der Waals surface area (Å²) < 4.78 is 20.7. The second-order valence-electron chi connectivity index (χ2n) is 8.52. The number of hydrogen-bond acceptors (Lipinski definition) is 6. The number of carbonyl (C=O) groups excluding carboxylic acids is 1. The molecule has 0 spiro atoms. The summed E-state index contributed by atoms with van der Waals surface area (Å²) >= 11 is 1.37. The van der Waals surface area contributed by atoms with E-state index in [1.165, 1.54) is 23.5 Å². The van der Waals surface area contributed by atoms with Crippen LogP contribution in [0.2, 0.25) is 0 Å². The minimum atomic E-state index is -0.305. The highest BCUT2D eigenvalue weighted by Crippen LogP contribution is 2.27. The van der Waals surface area contributed by atoms with Gasteiger partial charge >= 0.3 is 0 Å². The summed E-state index contributed by atoms with van der Waals surface area (Å²) in [6.07, 6.45) is 1.54. The Bertz CT molecular complexity index is 1420. The second kappa shape index (κ2) is 9.87. The zero-order valence-corrected chi connectivity index (χ0v) is 20.1. The number of fused-ring (bicyclic) bond motifs is 1. The summed E-state index contributed by atoms with van der Waals surface area (Å²) in [5, 5.41) is 4.83. The van der Waals surface area contributed by atoms with E-state index in [4.69, 9.17) is 9.72 Å². The smallest absolute Gasteiger partial charge is 0.277 e. The molecule has 1 atom stereocenters. The van der Waals surface area contributed by atoms with E-state index < -0.39 is 0 Å². The maximum Gasteiger partial charge on any atom is 0.277 e. The van der Waals surface area contributed by atoms with Gasteiger partial charge in [0, 0.05) is 25.7 Å². The molecule has 1 aliphatic heterocycles. The molecule has 1 amide bonds. The Labute approximate surface area is 205 Å². The standard InChI is InChI=1S/C26H25FN4O3S/c1-34-21-6-2-5-20(14-21)31-25(33)23-22(11-13-35-23)29-26(31)30-12-3-4-18(16-30)24(32)28-15-17-7-9-19(27)10-8-17/h2,5-11,13-14,18H,3-4,12,15-16H2,1H3,(H,28,32)/t18-/m1/s1. The first-order chi connectivity index (χ1) is 17.0. The number of piperidine rings is 1. The number of benzene rings is 2. The maximum absolute atomic E-state index is 13.5. The van der Waals surface area contributed by atoms with Crippen LogP contribution in [-0.4, -0.2) is 35.7 Å². The fraction of sp³-hybridized carbons (Fsp3) is 0.269. The van der Waals surface area contributed by atoms with E-state index in [1.54, 1.807) is 23.8 Å². The van der Waals surface area contributed by atoms with Crippen molar-refractivity contribution in [2.75, 3.05) is 25.1 Å². The number of nitrogens with zero attached hydrogens (tertiary/aromatic N) is 3. The molecule has 2 aromatic heterocycles. The Morgan fingerprint density at radius 1 is 1.23 bits per heavy atom. The summed E-state index contributed by atoms with van der Waals surface area (Å²) in [5.74, 6) is 0.539. The molecule has 1 saturated heterocycles. The number of aromatic nitrogens is 2. The number of anilines is 1. The molecule has 2 aromatic carbocycles. The van der Waals surface area contributed by atoms with Crippen LogP contribution in [0, 0.1) is 11.7 Å². The molecule has 0 aliphatic carbocycles. The fourth-order valence-corrected chi connectivity index (χ4v) is 5.16. The first kappa shape index (κ1) is 23.0. The van der Waals surface area contributed by atoms with Crippen LogP contribution in [0.1, 0.15) is 18.4 Å². The van der Waals surface area contributed by atoms with Crippen molar-refractivity contribution in [2.24, 2.45) is 5.92 Å². The maximum atomic E-state index is 13.5. The van der Waals surface area contributed by atoms with Gasteiger partial charge in [0.25, 0.3) is 5.56 Å². The monoisotopic (exact) mass is 492 g/mol. The molecular weight excluding hydrogens is 467 g/mol. The van der Waals surface area contributed by atoms with Crippen molar-refractivity contribution < 1.29 is 13.9 Å². The molecule has 1 aliphatic rings. The topological polar surface area (TPSA) is 76.5 Å². The lowest BCUT2D eigenvalue weighted by atomic mass is 9.97. The number of amides is 1. The van der Waals surface area contributed by atoms with E-state index in [1.807, 2.05) is 40.6 Å². The van der Waals surface area contributed by atoms with Gasteiger partial charge in [-0.1, -0.05) is 18.2 Å². The first-order valence-corrected chi connectivity index (χ1v) is 12.3. The highest BCUT2D eigenvalue weighted by atomic mass is 32.1. The predicted molar refractivity (Wildman–Crippen MR) is 135 cm³/mol. The lowest BCUT2D eigenvalue weighted by Gasteiger charge is -2.34. The minimum Gasteiger partial charge on any atom is -0.497 e. The quantitative estimate of drug-likeness (QED) is 0.438. The van der Waals surface area contributed by atoms with Crippen molar-refractivity contribution in [3.8, 4) is 11.4 Å². The van der Waals surface area contributed by atoms with Crippen molar-refractivity contribution in [1.82, 2.24) is 14.9 Å². The van der Waals surface area contributed by atoms with E-state index >= 15 is 0 Å². The zero-order valence-electron chi connectivity index (χ0n) is 19.2. The zero-order chi connectivity index (χ0) is 24.4. The van der Waals surface area contributed by atoms with Gasteiger partial charge in [0.15, 0.2) is 0 Å². The SMILES string of the molecule is COc1cccc(-n2c(N3CCC[C@@H](C(=O)NCc4ccc(F)cc4)C3)nc3ccsc3c2=O)c1. The van der Waals surface area contributed by atoms with Gasteiger partial charge in [0.2, 0.25) is 11.9 Å². The van der Waals surface area contributed by atoms with Crippen molar-refractivity contribution in [1.29, 1.82) is 0 Å². The highest BCUT2D eigenvalue weighted by Gasteiger charge is 2.29. The molecule has 35 heavy (non-hydrogen) atoms. The van der Waals surface area contributed by atoms with Gasteiger partial charge < -0.3 is 15.0 Å². The van der Waals surface area contributed by atoms with Gasteiger partial charge in [-0.15, -0.1) is 11.3 Å². The normalized spacial score (nSPS) is 15.8. The summed E-state index contributed by atoms with van der Waals surface area (Å²) in [4.78, 5) is 33.3. The van der Waals surface area contributed by atoms with Gasteiger partial charge in [0.05, 0.1) is 24.2 Å². The van der Waals surface area contributed by atoms with Gasteiger partial charge in [-0.3, -0.25) is 9.59 Å². The van der Waals surface area contributed by atoms with Crippen LogP contribution in [0.3, 0.4) is 0 Å². The van der Waals surface area contributed by atoms with E-state index in [9.17, 15) is 14.0 Å². The van der Waals surface area contributed by atoms with Crippen LogP contribution in [0.15, 0.2) is 64.8 Å². The predicted octanol–water partition coefficient (Wildman–Crippen LogP) is 4.13. The summed E-state index contributed by atoms with van der Waals surface area (Å²) in [6.45, 7) is 1.47. The molecule has 0 bridgehead atoms. The number of methoxy groups -OCH3 is 1. The first-order valence-electron chi connectivity index (χ1n) is 11.5. The highest BCUT2D eigenvalue weighted by molar-refractivity contribution is 7.17. The third-order valence-electron chi connectivity index (χ3n) is 6.23. The number of carbonyl (C=O) groups is 1. The number of nitrogens with one attached hydrogen (secondary N) is 1. The van der Waals surface area contributed by atoms with Crippen molar-refractivity contribution in [2.45, 2.75) is 19.4 Å². The number of halogens is 1. The van der Waals surface area contributed by atoms with Crippen molar-refractivity contribution >= 4 is 33.4 Å². The van der Waals surface area contributed by atoms with Gasteiger partial charge in [-0.2, -0.15) is 0 Å². The molecule has 7 nitrogen and oxygen atoms in total. The van der Waals surface area contributed by atoms with E-state index in [0.717, 1.165) is 18.4 Å². The second-order valence-corrected chi connectivity index (χ2v) is 9.43. The minimum absolute atomic E-state index is 0.0640. The van der Waals surface area contributed by atoms with E-state index in [2.05, 4.69) is 5.32 Å². The van der Waals surface area contributed by atoms with Crippen LogP contribution in [0.5, 0.6) is 5.75 Å². The average molecular weight is 493 g/mol. The Hall–Kier alpha value is -3.72. The van der Waals surface area contributed by atoms with Crippen molar-refractivity contribution in [3.05, 3.63) is 81.7 Å². The molecule has 1 N–H and O–H groups in total. The van der Waals surface area contributed by atoms with Crippen LogP contribution < -0.4 is 20.5 Å². The molecule has 0 unspecified atom stereocenters. The molecule has 4 aromatic rings. The fourth-order valence-electron chi connectivity index (χ4n) is 4.40. The van der Waals surface area contributed by atoms with Crippen LogP contribution in [0.25, 0.3) is 15.9 Å². The van der Waals surface area contributed by atoms with Gasteiger partial charge in [-0.25, -0.2) is 13.9 Å². The average Bonchev–Trinajstić information content (AvgIpc) is 3.37. The third kappa shape index (κ3) is 4.77. The molecule has 3 heterocycles. The lowest BCUT2D eigenvalue weighted by Crippen LogP contribution is -2.45. The summed E-state index contributed by atoms with van der Waals surface area (Å²) in [5.41, 5.74) is 2.01. The van der Waals surface area contributed by atoms with Crippen LogP contribution >= 0.6 is 11.3 Å². The number of rotatable bonds is 6. The van der Waals surface area contributed by atoms with E-state index in [0.29, 0.717) is 47.2 Å². The molecule has 0 radical (unpaired) electrons. The van der Waals surface area contributed by atoms with Gasteiger partial charge in [0.1, 0.15) is 16.3 Å². The Morgan fingerprint density at radius 2 is 2.06 bits per heavy atom. The molecule has 0 saturated carbocycles. The Balaban J connectivity index is 1.43. The summed E-state index contributed by atoms with van der Waals surface area (Å²) in [7, 11) is 1.59. The molecule has 180 valence electrons. The Morgan fingerprint density at radius 3 is 2.86 bits per heavy atom. The lowest BCUT2D eigenvalue weighted by molar-refractivity contribution is -0.125. The van der Waals surface area contributed by atoms with Crippen molar-refractivity contribution in [3.63, 3.8) is 0 Å². The molecular formula is C26H25FN4O3S. The van der Waals surface area contributed by atoms with Crippen LogP contribution in [0.4, 0.5) is 10.3 Å². The molecule has 1 fully saturated rings. The Kier molecular flexibility index (Phi) is 6.50. The molecule has 5 rings (SSSR count). The number of hydrogen-bond donors (Lipinski definition) is 1. The number of ether oxygens (including phenoxy) is 1. The van der Waals surface area contributed by atoms with Gasteiger partial charge in [-0.05, 0) is 54.1 Å². The van der Waals surface area contributed by atoms with Crippen LogP contribution in [-0.2, 0) is 11.3 Å². The largest absolute Gasteiger partial charge is 0.497 e. The van der Waals surface area contributed by atoms with E-state index in [-0.39, 0.29) is 23.2 Å². The summed E-state index contributed by atoms with van der Waals surface area (Å²) in [6, 6.07) is 15.3.